The Morgan fingerprint density at radius 2 is 1.38 bits per heavy atom. The molecule has 0 heterocycles. The van der Waals surface area contributed by atoms with E-state index < -0.39 is 47.7 Å². The molecule has 10 heteroatoms. The van der Waals surface area contributed by atoms with Crippen molar-refractivity contribution in [2.24, 2.45) is 29.0 Å². The molecular weight excluding hydrogens is 438 g/mol. The molecule has 0 saturated heterocycles. The zero-order valence-corrected chi connectivity index (χ0v) is 21.3. The number of hydrogen-bond donors (Lipinski definition) is 6. The molecule has 9 N–H and O–H groups in total. The largest absolute Gasteiger partial charge is 0.393 e. The normalized spacial score (nSPS) is 15.8. The van der Waals surface area contributed by atoms with E-state index in [1.807, 2.05) is 0 Å². The van der Waals surface area contributed by atoms with Crippen LogP contribution in [0.4, 0.5) is 0 Å². The first kappa shape index (κ1) is 32.1. The Morgan fingerprint density at radius 3 is 1.88 bits per heavy atom. The van der Waals surface area contributed by atoms with Crippen molar-refractivity contribution >= 4 is 23.4 Å². The second-order valence-corrected chi connectivity index (χ2v) is 9.31. The molecule has 0 fully saturated rings. The maximum atomic E-state index is 13.0. The van der Waals surface area contributed by atoms with Crippen LogP contribution in [0.25, 0.3) is 0 Å². The van der Waals surface area contributed by atoms with Crippen LogP contribution < -0.4 is 27.8 Å². The maximum Gasteiger partial charge on any atom is 0.237 e. The van der Waals surface area contributed by atoms with Crippen molar-refractivity contribution in [3.8, 4) is 0 Å². The number of nitrogens with one attached hydrogen (secondary N) is 2. The molecular formula is C24H47N5O5. The lowest BCUT2D eigenvalue weighted by atomic mass is 9.91. The van der Waals surface area contributed by atoms with Gasteiger partial charge in [-0.05, 0) is 39.3 Å². The standard InChI is InChI=1S/C24H47N5O5/c1-5-6-7-8-9-18(27)24(34)28-19(10-12-25)21(31)14-17(16(4)30)23(33)29-20(11-13-26)22(32)15(2)3/h15-20,30H,5-14,25-27H2,1-4H3,(H,28,34)(H,29,33)/t16?,17-,18?,19-,20-/m0/s1. The van der Waals surface area contributed by atoms with Gasteiger partial charge in [0.2, 0.25) is 11.8 Å². The highest BCUT2D eigenvalue weighted by atomic mass is 16.3. The summed E-state index contributed by atoms with van der Waals surface area (Å²) in [5.74, 6) is -3.04. The Labute approximate surface area is 204 Å². The van der Waals surface area contributed by atoms with Crippen molar-refractivity contribution in [1.82, 2.24) is 10.6 Å². The molecule has 2 amide bonds. The zero-order valence-electron chi connectivity index (χ0n) is 21.3. The lowest BCUT2D eigenvalue weighted by Gasteiger charge is -2.26. The van der Waals surface area contributed by atoms with Crippen molar-refractivity contribution in [1.29, 1.82) is 0 Å². The van der Waals surface area contributed by atoms with Crippen LogP contribution in [0.15, 0.2) is 0 Å². The molecule has 0 spiro atoms. The fourth-order valence-electron chi connectivity index (χ4n) is 3.66. The molecule has 0 aromatic carbocycles. The van der Waals surface area contributed by atoms with Gasteiger partial charge >= 0.3 is 0 Å². The molecule has 0 aliphatic heterocycles. The van der Waals surface area contributed by atoms with Crippen molar-refractivity contribution in [3.05, 3.63) is 0 Å². The van der Waals surface area contributed by atoms with Crippen LogP contribution in [-0.2, 0) is 19.2 Å². The average Bonchev–Trinajstić information content (AvgIpc) is 2.78. The number of ketones is 2. The molecule has 0 aromatic rings. The number of nitrogens with two attached hydrogens (primary N) is 3. The molecule has 0 bridgehead atoms. The summed E-state index contributed by atoms with van der Waals surface area (Å²) in [4.78, 5) is 50.7. The summed E-state index contributed by atoms with van der Waals surface area (Å²) < 4.78 is 0. The molecule has 5 atom stereocenters. The van der Waals surface area contributed by atoms with E-state index in [-0.39, 0.29) is 44.1 Å². The van der Waals surface area contributed by atoms with Crippen LogP contribution in [-0.4, -0.2) is 65.8 Å². The number of aliphatic hydroxyl groups is 1. The summed E-state index contributed by atoms with van der Waals surface area (Å²) in [6.07, 6.45) is 3.44. The third kappa shape index (κ3) is 12.0. The SMILES string of the molecule is CCCCCCC(N)C(=O)N[C@@H](CCN)C(=O)C[C@H](C(=O)N[C@@H](CCN)C(=O)C(C)C)C(C)O. The molecule has 0 aliphatic carbocycles. The minimum absolute atomic E-state index is 0.148. The van der Waals surface area contributed by atoms with Gasteiger partial charge in [0.15, 0.2) is 11.6 Å². The molecule has 2 unspecified atom stereocenters. The van der Waals surface area contributed by atoms with Gasteiger partial charge in [0, 0.05) is 12.3 Å². The van der Waals surface area contributed by atoms with Crippen LogP contribution in [0.3, 0.4) is 0 Å². The summed E-state index contributed by atoms with van der Waals surface area (Å²) in [7, 11) is 0. The fraction of sp³-hybridized carbons (Fsp3) is 0.833. The number of carbonyl (C=O) groups is 4. The van der Waals surface area contributed by atoms with E-state index in [2.05, 4.69) is 17.6 Å². The monoisotopic (exact) mass is 485 g/mol. The fourth-order valence-corrected chi connectivity index (χ4v) is 3.66. The predicted octanol–water partition coefficient (Wildman–Crippen LogP) is 0.133. The Bertz CT molecular complexity index is 641. The van der Waals surface area contributed by atoms with E-state index in [0.29, 0.717) is 6.42 Å². The van der Waals surface area contributed by atoms with Crippen molar-refractivity contribution in [2.45, 2.75) is 103 Å². The second-order valence-electron chi connectivity index (χ2n) is 9.31. The highest BCUT2D eigenvalue weighted by molar-refractivity contribution is 5.95. The second kappa shape index (κ2) is 17.5. The summed E-state index contributed by atoms with van der Waals surface area (Å²) >= 11 is 0. The number of carbonyl (C=O) groups excluding carboxylic acids is 4. The number of Topliss-reactive ketones (excluding diaryl/α,β-unsaturated/α-hetero) is 2. The van der Waals surface area contributed by atoms with Crippen LogP contribution in [0.2, 0.25) is 0 Å². The minimum atomic E-state index is -1.15. The predicted molar refractivity (Wildman–Crippen MR) is 133 cm³/mol. The van der Waals surface area contributed by atoms with Gasteiger partial charge in [0.25, 0.3) is 0 Å². The summed E-state index contributed by atoms with van der Waals surface area (Å²) in [6, 6.07) is -2.44. The van der Waals surface area contributed by atoms with Gasteiger partial charge in [-0.25, -0.2) is 0 Å². The van der Waals surface area contributed by atoms with E-state index in [1.54, 1.807) is 13.8 Å². The highest BCUT2D eigenvalue weighted by Gasteiger charge is 2.33. The van der Waals surface area contributed by atoms with Gasteiger partial charge in [-0.2, -0.15) is 0 Å². The van der Waals surface area contributed by atoms with Crippen molar-refractivity contribution in [3.63, 3.8) is 0 Å². The van der Waals surface area contributed by atoms with Crippen molar-refractivity contribution in [2.75, 3.05) is 13.1 Å². The Balaban J connectivity index is 5.23. The molecule has 34 heavy (non-hydrogen) atoms. The van der Waals surface area contributed by atoms with Gasteiger partial charge in [-0.15, -0.1) is 0 Å². The molecule has 0 saturated carbocycles. The van der Waals surface area contributed by atoms with Gasteiger partial charge in [0.1, 0.15) is 0 Å². The number of hydrogen-bond acceptors (Lipinski definition) is 8. The lowest BCUT2D eigenvalue weighted by Crippen LogP contribution is -2.51. The topological polar surface area (TPSA) is 191 Å². The molecule has 0 rings (SSSR count). The lowest BCUT2D eigenvalue weighted by molar-refractivity contribution is -0.137. The first-order chi connectivity index (χ1) is 16.0. The van der Waals surface area contributed by atoms with Crippen molar-refractivity contribution < 1.29 is 24.3 Å². The smallest absolute Gasteiger partial charge is 0.237 e. The molecule has 0 aromatic heterocycles. The summed E-state index contributed by atoms with van der Waals surface area (Å²) in [6.45, 7) is 7.30. The van der Waals surface area contributed by atoms with Crippen LogP contribution in [0.5, 0.6) is 0 Å². The Hall–Kier alpha value is -1.88. The third-order valence-corrected chi connectivity index (χ3v) is 5.89. The Kier molecular flexibility index (Phi) is 16.6. The summed E-state index contributed by atoms with van der Waals surface area (Å²) in [5.41, 5.74) is 17.2. The third-order valence-electron chi connectivity index (χ3n) is 5.89. The van der Waals surface area contributed by atoms with E-state index in [4.69, 9.17) is 17.2 Å². The summed E-state index contributed by atoms with van der Waals surface area (Å²) in [5, 5.41) is 15.5. The van der Waals surface area contributed by atoms with Crippen LogP contribution in [0, 0.1) is 11.8 Å². The number of aliphatic hydroxyl groups excluding tert-OH is 1. The van der Waals surface area contributed by atoms with Crippen LogP contribution >= 0.6 is 0 Å². The minimum Gasteiger partial charge on any atom is -0.393 e. The quantitative estimate of drug-likeness (QED) is 0.139. The molecule has 0 radical (unpaired) electrons. The van der Waals surface area contributed by atoms with E-state index in [9.17, 15) is 24.3 Å². The molecule has 0 aliphatic rings. The average molecular weight is 486 g/mol. The molecule has 198 valence electrons. The number of amides is 2. The highest BCUT2D eigenvalue weighted by Crippen LogP contribution is 2.15. The van der Waals surface area contributed by atoms with E-state index >= 15 is 0 Å². The first-order valence-electron chi connectivity index (χ1n) is 12.5. The molecule has 10 nitrogen and oxygen atoms in total. The van der Waals surface area contributed by atoms with E-state index in [0.717, 1.165) is 25.7 Å². The number of rotatable bonds is 19. The number of unbranched alkanes of at least 4 members (excludes halogenated alkanes) is 3. The van der Waals surface area contributed by atoms with E-state index in [1.165, 1.54) is 6.92 Å². The Morgan fingerprint density at radius 1 is 0.824 bits per heavy atom. The van der Waals surface area contributed by atoms with Gasteiger partial charge in [0.05, 0.1) is 30.1 Å². The van der Waals surface area contributed by atoms with Gasteiger partial charge < -0.3 is 32.9 Å². The first-order valence-corrected chi connectivity index (χ1v) is 12.5. The van der Waals surface area contributed by atoms with Gasteiger partial charge in [-0.1, -0.05) is 46.5 Å². The van der Waals surface area contributed by atoms with Crippen LogP contribution in [0.1, 0.15) is 79.1 Å². The maximum absolute atomic E-state index is 13.0. The zero-order chi connectivity index (χ0) is 26.3. The van der Waals surface area contributed by atoms with Gasteiger partial charge in [-0.3, -0.25) is 19.2 Å².